The largest absolute Gasteiger partial charge is 0.384 e. The van der Waals surface area contributed by atoms with Crippen LogP contribution in [-0.2, 0) is 13.0 Å². The third-order valence-electron chi connectivity index (χ3n) is 4.05. The van der Waals surface area contributed by atoms with E-state index in [1.807, 2.05) is 0 Å². The predicted octanol–water partition coefficient (Wildman–Crippen LogP) is 3.88. The molecule has 102 valence electrons. The van der Waals surface area contributed by atoms with Gasteiger partial charge >= 0.3 is 0 Å². The normalized spacial score (nSPS) is 16.6. The average Bonchev–Trinajstić information content (AvgIpc) is 2.98. The summed E-state index contributed by atoms with van der Waals surface area (Å²) in [6, 6.07) is 0. The first-order chi connectivity index (χ1) is 8.77. The van der Waals surface area contributed by atoms with Crippen LogP contribution in [0.2, 0.25) is 0 Å². The van der Waals surface area contributed by atoms with E-state index in [2.05, 4.69) is 18.4 Å². The lowest BCUT2D eigenvalue weighted by Crippen LogP contribution is -2.09. The lowest BCUT2D eigenvalue weighted by atomic mass is 10.1. The fraction of sp³-hybridized carbons (Fsp3) is 0.800. The van der Waals surface area contributed by atoms with E-state index < -0.39 is 0 Å². The molecule has 0 aliphatic heterocycles. The van der Waals surface area contributed by atoms with E-state index in [-0.39, 0.29) is 0 Å². The summed E-state index contributed by atoms with van der Waals surface area (Å²) in [5.41, 5.74) is 7.44. The van der Waals surface area contributed by atoms with Crippen LogP contribution in [0, 0.1) is 0 Å². The fourth-order valence-electron chi connectivity index (χ4n) is 3.02. The number of hydrogen-bond acceptors (Lipinski definition) is 2. The highest BCUT2D eigenvalue weighted by molar-refractivity contribution is 5.39. The number of anilines is 1. The van der Waals surface area contributed by atoms with Crippen LogP contribution in [0.4, 0.5) is 5.82 Å². The van der Waals surface area contributed by atoms with Crippen molar-refractivity contribution in [3.63, 3.8) is 0 Å². The molecule has 0 spiro atoms. The van der Waals surface area contributed by atoms with Gasteiger partial charge < -0.3 is 10.3 Å². The highest BCUT2D eigenvalue weighted by Crippen LogP contribution is 2.35. The number of nitrogen functional groups attached to an aromatic ring is 1. The van der Waals surface area contributed by atoms with Crippen molar-refractivity contribution in [3.8, 4) is 0 Å². The van der Waals surface area contributed by atoms with Crippen LogP contribution < -0.4 is 5.73 Å². The highest BCUT2D eigenvalue weighted by atomic mass is 15.1. The van der Waals surface area contributed by atoms with Gasteiger partial charge in [0, 0.05) is 12.5 Å². The molecular weight excluding hydrogens is 222 g/mol. The fourth-order valence-corrected chi connectivity index (χ4v) is 3.02. The topological polar surface area (TPSA) is 43.8 Å². The molecule has 0 radical (unpaired) electrons. The second-order valence-corrected chi connectivity index (χ2v) is 5.54. The Morgan fingerprint density at radius 3 is 2.56 bits per heavy atom. The monoisotopic (exact) mass is 249 g/mol. The molecular formula is C15H27N3. The zero-order valence-corrected chi connectivity index (χ0v) is 11.9. The van der Waals surface area contributed by atoms with Crippen molar-refractivity contribution in [2.24, 2.45) is 0 Å². The molecule has 0 amide bonds. The lowest BCUT2D eigenvalue weighted by molar-refractivity contribution is 0.579. The number of nitrogens with two attached hydrogens (primary N) is 1. The van der Waals surface area contributed by atoms with Crippen molar-refractivity contribution in [3.05, 3.63) is 11.5 Å². The first kappa shape index (κ1) is 13.4. The van der Waals surface area contributed by atoms with Crippen LogP contribution in [-0.4, -0.2) is 9.55 Å². The third kappa shape index (κ3) is 2.70. The van der Waals surface area contributed by atoms with Gasteiger partial charge in [-0.15, -0.1) is 0 Å². The third-order valence-corrected chi connectivity index (χ3v) is 4.05. The average molecular weight is 249 g/mol. The molecule has 1 aliphatic rings. The van der Waals surface area contributed by atoms with E-state index in [1.54, 1.807) is 0 Å². The molecule has 3 nitrogen and oxygen atoms in total. The Kier molecular flexibility index (Phi) is 4.67. The molecule has 2 N–H and O–H groups in total. The van der Waals surface area contributed by atoms with Crippen molar-refractivity contribution >= 4 is 5.82 Å². The quantitative estimate of drug-likeness (QED) is 0.831. The summed E-state index contributed by atoms with van der Waals surface area (Å²) in [7, 11) is 0. The molecule has 1 aliphatic carbocycles. The van der Waals surface area contributed by atoms with Crippen molar-refractivity contribution in [1.82, 2.24) is 9.55 Å². The minimum absolute atomic E-state index is 0.661. The summed E-state index contributed by atoms with van der Waals surface area (Å²) in [5, 5.41) is 0. The van der Waals surface area contributed by atoms with Crippen molar-refractivity contribution in [2.45, 2.75) is 77.7 Å². The minimum atomic E-state index is 0.661. The summed E-state index contributed by atoms with van der Waals surface area (Å²) < 4.78 is 2.29. The zero-order chi connectivity index (χ0) is 13.0. The van der Waals surface area contributed by atoms with Gasteiger partial charge in [0.2, 0.25) is 0 Å². The van der Waals surface area contributed by atoms with E-state index >= 15 is 0 Å². The van der Waals surface area contributed by atoms with Crippen LogP contribution in [0.25, 0.3) is 0 Å². The maximum absolute atomic E-state index is 6.30. The maximum atomic E-state index is 6.30. The van der Waals surface area contributed by atoms with Crippen molar-refractivity contribution in [2.75, 3.05) is 5.73 Å². The van der Waals surface area contributed by atoms with E-state index in [4.69, 9.17) is 10.7 Å². The van der Waals surface area contributed by atoms with Crippen molar-refractivity contribution < 1.29 is 0 Å². The molecule has 1 fully saturated rings. The van der Waals surface area contributed by atoms with Gasteiger partial charge in [0.1, 0.15) is 11.6 Å². The Morgan fingerprint density at radius 2 is 1.94 bits per heavy atom. The summed E-state index contributed by atoms with van der Waals surface area (Å²) in [6.45, 7) is 5.46. The molecule has 18 heavy (non-hydrogen) atoms. The van der Waals surface area contributed by atoms with Crippen LogP contribution in [0.15, 0.2) is 0 Å². The first-order valence-electron chi connectivity index (χ1n) is 7.62. The molecule has 1 saturated carbocycles. The number of imidazole rings is 1. The van der Waals surface area contributed by atoms with Crippen LogP contribution in [0.3, 0.4) is 0 Å². The summed E-state index contributed by atoms with van der Waals surface area (Å²) in [4.78, 5) is 4.89. The number of aromatic nitrogens is 2. The number of rotatable bonds is 6. The molecule has 0 bridgehead atoms. The van der Waals surface area contributed by atoms with Gasteiger partial charge in [-0.2, -0.15) is 0 Å². The molecule has 3 heteroatoms. The molecule has 0 unspecified atom stereocenters. The molecule has 1 aromatic rings. The van der Waals surface area contributed by atoms with Gasteiger partial charge in [-0.05, 0) is 32.1 Å². The van der Waals surface area contributed by atoms with E-state index in [1.165, 1.54) is 44.3 Å². The Labute approximate surface area is 111 Å². The lowest BCUT2D eigenvalue weighted by Gasteiger charge is -2.12. The van der Waals surface area contributed by atoms with Crippen LogP contribution in [0.1, 0.15) is 76.2 Å². The SMILES string of the molecule is CCCCc1nc(C2CCCC2)n(CCC)c1N. The Hall–Kier alpha value is -0.990. The van der Waals surface area contributed by atoms with Crippen molar-refractivity contribution in [1.29, 1.82) is 0 Å². The standard InChI is InChI=1S/C15H27N3/c1-3-5-10-13-14(16)18(11-4-2)15(17-13)12-8-6-7-9-12/h12H,3-11,16H2,1-2H3. The van der Waals surface area contributed by atoms with Gasteiger partial charge in [0.25, 0.3) is 0 Å². The molecule has 0 atom stereocenters. The van der Waals surface area contributed by atoms with Gasteiger partial charge in [-0.3, -0.25) is 0 Å². The van der Waals surface area contributed by atoms with E-state index in [0.29, 0.717) is 5.92 Å². The predicted molar refractivity (Wildman–Crippen MR) is 76.8 cm³/mol. The Morgan fingerprint density at radius 1 is 1.22 bits per heavy atom. The Balaban J connectivity index is 2.24. The molecule has 0 saturated heterocycles. The van der Waals surface area contributed by atoms with E-state index in [0.717, 1.165) is 30.9 Å². The number of aryl methyl sites for hydroxylation is 1. The van der Waals surface area contributed by atoms with Crippen LogP contribution >= 0.6 is 0 Å². The second-order valence-electron chi connectivity index (χ2n) is 5.54. The molecule has 1 heterocycles. The van der Waals surface area contributed by atoms with Gasteiger partial charge in [0.15, 0.2) is 0 Å². The summed E-state index contributed by atoms with van der Waals surface area (Å²) in [5.74, 6) is 2.87. The van der Waals surface area contributed by atoms with E-state index in [9.17, 15) is 0 Å². The van der Waals surface area contributed by atoms with Gasteiger partial charge in [0.05, 0.1) is 5.69 Å². The Bertz CT molecular complexity index is 375. The molecule has 0 aromatic carbocycles. The first-order valence-corrected chi connectivity index (χ1v) is 7.62. The highest BCUT2D eigenvalue weighted by Gasteiger charge is 2.24. The number of nitrogens with zero attached hydrogens (tertiary/aromatic N) is 2. The summed E-state index contributed by atoms with van der Waals surface area (Å²) >= 11 is 0. The van der Waals surface area contributed by atoms with Gasteiger partial charge in [-0.25, -0.2) is 4.98 Å². The minimum Gasteiger partial charge on any atom is -0.384 e. The smallest absolute Gasteiger partial charge is 0.126 e. The zero-order valence-electron chi connectivity index (χ0n) is 11.9. The molecule has 2 rings (SSSR count). The maximum Gasteiger partial charge on any atom is 0.126 e. The number of unbranched alkanes of at least 4 members (excludes halogenated alkanes) is 1. The van der Waals surface area contributed by atoms with Gasteiger partial charge in [-0.1, -0.05) is 33.1 Å². The second kappa shape index (κ2) is 6.26. The van der Waals surface area contributed by atoms with Crippen LogP contribution in [0.5, 0.6) is 0 Å². The number of hydrogen-bond donors (Lipinski definition) is 1. The molecule has 1 aromatic heterocycles. The summed E-state index contributed by atoms with van der Waals surface area (Å²) in [6.07, 6.45) is 9.88.